The van der Waals surface area contributed by atoms with E-state index in [2.05, 4.69) is 15.8 Å². The Kier molecular flexibility index (Phi) is 5.62. The number of nitrogens with zero attached hydrogens (tertiary/aromatic N) is 1. The highest BCUT2D eigenvalue weighted by molar-refractivity contribution is 6.39. The minimum absolute atomic E-state index is 0.369. The lowest BCUT2D eigenvalue weighted by molar-refractivity contribution is -0.136. The number of hydrogen-bond acceptors (Lipinski definition) is 4. The van der Waals surface area contributed by atoms with E-state index in [0.717, 1.165) is 0 Å². The maximum absolute atomic E-state index is 12.9. The molecule has 2 aromatic rings. The Labute approximate surface area is 138 Å². The normalized spacial score (nSPS) is 10.9. The largest absolute Gasteiger partial charge is 0.495 e. The fourth-order valence-corrected chi connectivity index (χ4v) is 1.87. The quantitative estimate of drug-likeness (QED) is 0.513. The number of carbonyl (C=O) groups is 2. The summed E-state index contributed by atoms with van der Waals surface area (Å²) in [5.41, 5.74) is 3.59. The minimum atomic E-state index is -0.928. The molecule has 24 heavy (non-hydrogen) atoms. The number of carbonyl (C=O) groups excluding carboxylic acids is 2. The highest BCUT2D eigenvalue weighted by Crippen LogP contribution is 2.22. The van der Waals surface area contributed by atoms with E-state index in [1.54, 1.807) is 31.2 Å². The second-order valence-corrected chi connectivity index (χ2v) is 4.80. The Balaban J connectivity index is 2.00. The van der Waals surface area contributed by atoms with Gasteiger partial charge in [-0.2, -0.15) is 5.10 Å². The second-order valence-electron chi connectivity index (χ2n) is 4.80. The molecule has 0 aromatic heterocycles. The smallest absolute Gasteiger partial charge is 0.329 e. The highest BCUT2D eigenvalue weighted by atomic mass is 19.1. The van der Waals surface area contributed by atoms with Crippen LogP contribution in [0.1, 0.15) is 12.5 Å². The van der Waals surface area contributed by atoms with E-state index < -0.39 is 11.8 Å². The molecular formula is C17H16FN3O3. The maximum atomic E-state index is 12.9. The summed E-state index contributed by atoms with van der Waals surface area (Å²) in [6.45, 7) is 1.63. The summed E-state index contributed by atoms with van der Waals surface area (Å²) in [7, 11) is 1.46. The SMILES string of the molecule is COc1ccccc1NC(=O)C(=O)N/N=C(\C)c1ccc(F)cc1. The van der Waals surface area contributed by atoms with Crippen LogP contribution in [0.25, 0.3) is 0 Å². The Morgan fingerprint density at radius 1 is 1.04 bits per heavy atom. The van der Waals surface area contributed by atoms with Crippen molar-refractivity contribution in [3.8, 4) is 5.75 Å². The van der Waals surface area contributed by atoms with E-state index in [0.29, 0.717) is 22.7 Å². The lowest BCUT2D eigenvalue weighted by Crippen LogP contribution is -2.33. The van der Waals surface area contributed by atoms with Crippen molar-refractivity contribution in [3.63, 3.8) is 0 Å². The number of hydrazone groups is 1. The fourth-order valence-electron chi connectivity index (χ4n) is 1.87. The van der Waals surface area contributed by atoms with Gasteiger partial charge < -0.3 is 10.1 Å². The van der Waals surface area contributed by atoms with Crippen LogP contribution in [0.15, 0.2) is 53.6 Å². The average Bonchev–Trinajstić information content (AvgIpc) is 2.60. The molecule has 124 valence electrons. The van der Waals surface area contributed by atoms with E-state index in [1.165, 1.54) is 31.4 Å². The number of hydrogen-bond donors (Lipinski definition) is 2. The summed E-state index contributed by atoms with van der Waals surface area (Å²) in [5, 5.41) is 6.27. The van der Waals surface area contributed by atoms with Crippen molar-refractivity contribution in [2.45, 2.75) is 6.92 Å². The first-order valence-electron chi connectivity index (χ1n) is 7.06. The van der Waals surface area contributed by atoms with Gasteiger partial charge in [0.05, 0.1) is 18.5 Å². The molecule has 0 aliphatic heterocycles. The van der Waals surface area contributed by atoms with E-state index >= 15 is 0 Å². The predicted molar refractivity (Wildman–Crippen MR) is 88.4 cm³/mol. The van der Waals surface area contributed by atoms with Crippen LogP contribution in [-0.2, 0) is 9.59 Å². The van der Waals surface area contributed by atoms with Gasteiger partial charge in [0.1, 0.15) is 11.6 Å². The molecule has 7 heteroatoms. The molecule has 0 saturated heterocycles. The van der Waals surface area contributed by atoms with Crippen LogP contribution in [0.4, 0.5) is 10.1 Å². The van der Waals surface area contributed by atoms with Crippen LogP contribution in [0.5, 0.6) is 5.75 Å². The van der Waals surface area contributed by atoms with Crippen LogP contribution in [-0.4, -0.2) is 24.6 Å². The first kappa shape index (κ1) is 17.1. The average molecular weight is 329 g/mol. The molecule has 2 rings (SSSR count). The van der Waals surface area contributed by atoms with Gasteiger partial charge >= 0.3 is 11.8 Å². The van der Waals surface area contributed by atoms with E-state index in [-0.39, 0.29) is 5.82 Å². The molecule has 0 unspecified atom stereocenters. The van der Waals surface area contributed by atoms with Crippen molar-refractivity contribution in [2.24, 2.45) is 5.10 Å². The van der Waals surface area contributed by atoms with E-state index in [4.69, 9.17) is 4.74 Å². The fraction of sp³-hybridized carbons (Fsp3) is 0.118. The van der Waals surface area contributed by atoms with Gasteiger partial charge in [0.25, 0.3) is 0 Å². The van der Waals surface area contributed by atoms with Crippen molar-refractivity contribution in [2.75, 3.05) is 12.4 Å². The third-order valence-corrected chi connectivity index (χ3v) is 3.15. The number of rotatable bonds is 4. The van der Waals surface area contributed by atoms with Crippen LogP contribution >= 0.6 is 0 Å². The number of amides is 2. The Morgan fingerprint density at radius 3 is 2.38 bits per heavy atom. The zero-order valence-electron chi connectivity index (χ0n) is 13.2. The first-order valence-corrected chi connectivity index (χ1v) is 7.06. The van der Waals surface area contributed by atoms with Gasteiger partial charge in [0.15, 0.2) is 0 Å². The molecule has 6 nitrogen and oxygen atoms in total. The predicted octanol–water partition coefficient (Wildman–Crippen LogP) is 2.31. The topological polar surface area (TPSA) is 79.8 Å². The molecule has 0 saturated carbocycles. The van der Waals surface area contributed by atoms with E-state index in [1.807, 2.05) is 0 Å². The molecule has 2 aromatic carbocycles. The lowest BCUT2D eigenvalue weighted by Gasteiger charge is -2.09. The third-order valence-electron chi connectivity index (χ3n) is 3.15. The summed E-state index contributed by atoms with van der Waals surface area (Å²) in [6.07, 6.45) is 0. The van der Waals surface area contributed by atoms with Gasteiger partial charge in [-0.25, -0.2) is 9.82 Å². The highest BCUT2D eigenvalue weighted by Gasteiger charge is 2.15. The summed E-state index contributed by atoms with van der Waals surface area (Å²) in [4.78, 5) is 23.7. The molecule has 0 radical (unpaired) electrons. The number of para-hydroxylation sites is 2. The summed E-state index contributed by atoms with van der Waals surface area (Å²) in [5.74, 6) is -1.74. The molecule has 2 N–H and O–H groups in total. The Bertz CT molecular complexity index is 773. The zero-order valence-corrected chi connectivity index (χ0v) is 13.2. The zero-order chi connectivity index (χ0) is 17.5. The molecule has 0 fully saturated rings. The number of anilines is 1. The molecule has 0 atom stereocenters. The van der Waals surface area contributed by atoms with Crippen molar-refractivity contribution in [1.29, 1.82) is 0 Å². The van der Waals surface area contributed by atoms with Crippen molar-refractivity contribution in [3.05, 3.63) is 59.9 Å². The van der Waals surface area contributed by atoms with Gasteiger partial charge in [-0.1, -0.05) is 24.3 Å². The molecule has 0 aliphatic carbocycles. The summed E-state index contributed by atoms with van der Waals surface area (Å²) < 4.78 is 18.0. The maximum Gasteiger partial charge on any atom is 0.329 e. The molecule has 0 aliphatic rings. The van der Waals surface area contributed by atoms with Gasteiger partial charge in [0.2, 0.25) is 0 Å². The second kappa shape index (κ2) is 7.87. The van der Waals surface area contributed by atoms with Gasteiger partial charge in [0, 0.05) is 0 Å². The first-order chi connectivity index (χ1) is 11.5. The third kappa shape index (κ3) is 4.39. The van der Waals surface area contributed by atoms with Gasteiger partial charge in [-0.05, 0) is 36.8 Å². The van der Waals surface area contributed by atoms with Crippen LogP contribution < -0.4 is 15.5 Å². The standard InChI is InChI=1S/C17H16FN3O3/c1-11(12-7-9-13(18)10-8-12)20-21-17(23)16(22)19-14-5-3-4-6-15(14)24-2/h3-10H,1-2H3,(H,19,22)(H,21,23)/b20-11+. The van der Waals surface area contributed by atoms with Crippen LogP contribution in [0.2, 0.25) is 0 Å². The lowest BCUT2D eigenvalue weighted by atomic mass is 10.1. The number of methoxy groups -OCH3 is 1. The number of halogens is 1. The molecule has 0 heterocycles. The Hall–Kier alpha value is -3.22. The summed E-state index contributed by atoms with van der Waals surface area (Å²) in [6, 6.07) is 12.3. The number of benzene rings is 2. The molecule has 0 bridgehead atoms. The summed E-state index contributed by atoms with van der Waals surface area (Å²) >= 11 is 0. The minimum Gasteiger partial charge on any atom is -0.495 e. The van der Waals surface area contributed by atoms with Gasteiger partial charge in [-0.15, -0.1) is 0 Å². The van der Waals surface area contributed by atoms with Crippen molar-refractivity contribution >= 4 is 23.2 Å². The van der Waals surface area contributed by atoms with Crippen molar-refractivity contribution < 1.29 is 18.7 Å². The number of ether oxygens (including phenoxy) is 1. The Morgan fingerprint density at radius 2 is 1.71 bits per heavy atom. The van der Waals surface area contributed by atoms with E-state index in [9.17, 15) is 14.0 Å². The monoisotopic (exact) mass is 329 g/mol. The molecule has 0 spiro atoms. The van der Waals surface area contributed by atoms with Gasteiger partial charge in [-0.3, -0.25) is 9.59 Å². The van der Waals surface area contributed by atoms with Crippen molar-refractivity contribution in [1.82, 2.24) is 5.43 Å². The molecule has 2 amide bonds. The number of nitrogens with one attached hydrogen (secondary N) is 2. The van der Waals surface area contributed by atoms with Crippen LogP contribution in [0, 0.1) is 5.82 Å². The molecular weight excluding hydrogens is 313 g/mol. The van der Waals surface area contributed by atoms with Crippen LogP contribution in [0.3, 0.4) is 0 Å².